The van der Waals surface area contributed by atoms with Gasteiger partial charge in [0.25, 0.3) is 0 Å². The molecule has 0 saturated carbocycles. The van der Waals surface area contributed by atoms with Crippen LogP contribution in [0.3, 0.4) is 0 Å². The molecule has 1 atom stereocenters. The van der Waals surface area contributed by atoms with Gasteiger partial charge in [-0.2, -0.15) is 0 Å². The van der Waals surface area contributed by atoms with Crippen LogP contribution < -0.4 is 0 Å². The zero-order chi connectivity index (χ0) is 13.2. The van der Waals surface area contributed by atoms with E-state index in [4.69, 9.17) is 12.2 Å². The van der Waals surface area contributed by atoms with Crippen molar-refractivity contribution in [3.63, 3.8) is 0 Å². The summed E-state index contributed by atoms with van der Waals surface area (Å²) >= 11 is 5.61. The van der Waals surface area contributed by atoms with Crippen LogP contribution in [0.1, 0.15) is 29.5 Å². The molecule has 0 aliphatic carbocycles. The number of fused-ring (bicyclic) bond motifs is 1. The van der Waals surface area contributed by atoms with Gasteiger partial charge in [0.2, 0.25) is 0 Å². The molecule has 1 unspecified atom stereocenters. The minimum absolute atomic E-state index is 0.420. The van der Waals surface area contributed by atoms with Crippen LogP contribution in [0, 0.1) is 0 Å². The van der Waals surface area contributed by atoms with Crippen molar-refractivity contribution in [2.45, 2.75) is 12.8 Å². The predicted octanol–water partition coefficient (Wildman–Crippen LogP) is 3.83. The number of benzene rings is 2. The Kier molecular flexibility index (Phi) is 3.34. The van der Waals surface area contributed by atoms with Gasteiger partial charge in [-0.05, 0) is 18.1 Å². The quantitative estimate of drug-likeness (QED) is 0.761. The Morgan fingerprint density at radius 3 is 2.47 bits per heavy atom. The molecule has 0 fully saturated rings. The predicted molar refractivity (Wildman–Crippen MR) is 83.7 cm³/mol. The third-order valence-electron chi connectivity index (χ3n) is 3.84. The fourth-order valence-electron chi connectivity index (χ4n) is 2.81. The fraction of sp³-hybridized carbons (Fsp3) is 0.235. The van der Waals surface area contributed by atoms with Gasteiger partial charge < -0.3 is 4.90 Å². The highest BCUT2D eigenvalue weighted by Gasteiger charge is 2.28. The first-order chi connectivity index (χ1) is 9.31. The molecule has 96 valence electrons. The van der Waals surface area contributed by atoms with Crippen LogP contribution in [0.2, 0.25) is 0 Å². The lowest BCUT2D eigenvalue weighted by Crippen LogP contribution is -2.39. The maximum Gasteiger partial charge on any atom is 0.109 e. The van der Waals surface area contributed by atoms with Gasteiger partial charge in [-0.15, -0.1) is 0 Å². The van der Waals surface area contributed by atoms with Crippen LogP contribution in [0.25, 0.3) is 0 Å². The van der Waals surface area contributed by atoms with Gasteiger partial charge in [0.05, 0.1) is 0 Å². The highest BCUT2D eigenvalue weighted by atomic mass is 32.1. The van der Waals surface area contributed by atoms with Crippen molar-refractivity contribution in [2.75, 3.05) is 13.1 Å². The van der Waals surface area contributed by atoms with E-state index >= 15 is 0 Å². The second kappa shape index (κ2) is 5.14. The molecule has 1 nitrogen and oxygen atoms in total. The summed E-state index contributed by atoms with van der Waals surface area (Å²) in [6.07, 6.45) is 0. The second-order valence-corrected chi connectivity index (χ2v) is 5.28. The zero-order valence-corrected chi connectivity index (χ0v) is 11.9. The van der Waals surface area contributed by atoms with Gasteiger partial charge in [0, 0.05) is 24.6 Å². The van der Waals surface area contributed by atoms with Crippen LogP contribution in [0.4, 0.5) is 0 Å². The molecule has 0 N–H and O–H groups in total. The SMILES string of the molecule is CCN1CC(c2ccccc2)c2ccccc2C1=S. The number of hydrogen-bond acceptors (Lipinski definition) is 1. The Morgan fingerprint density at radius 2 is 1.74 bits per heavy atom. The minimum Gasteiger partial charge on any atom is -0.362 e. The Balaban J connectivity index is 2.11. The van der Waals surface area contributed by atoms with Crippen molar-refractivity contribution < 1.29 is 0 Å². The summed E-state index contributed by atoms with van der Waals surface area (Å²) in [5.41, 5.74) is 3.96. The molecule has 0 amide bonds. The Bertz CT molecular complexity index is 591. The molecular weight excluding hydrogens is 250 g/mol. The summed E-state index contributed by atoms with van der Waals surface area (Å²) < 4.78 is 0. The average Bonchev–Trinajstić information content (AvgIpc) is 2.49. The maximum absolute atomic E-state index is 5.61. The molecule has 0 spiro atoms. The van der Waals surface area contributed by atoms with Crippen molar-refractivity contribution in [3.05, 3.63) is 71.3 Å². The first-order valence-corrected chi connectivity index (χ1v) is 7.15. The summed E-state index contributed by atoms with van der Waals surface area (Å²) in [4.78, 5) is 3.29. The van der Waals surface area contributed by atoms with E-state index in [1.165, 1.54) is 16.7 Å². The van der Waals surface area contributed by atoms with E-state index in [-0.39, 0.29) is 0 Å². The molecule has 2 aromatic carbocycles. The molecule has 1 aliphatic heterocycles. The summed E-state index contributed by atoms with van der Waals surface area (Å²) in [5.74, 6) is 0.420. The summed E-state index contributed by atoms with van der Waals surface area (Å²) in [6, 6.07) is 19.3. The average molecular weight is 267 g/mol. The van der Waals surface area contributed by atoms with E-state index in [2.05, 4.69) is 66.4 Å². The fourth-order valence-corrected chi connectivity index (χ4v) is 3.20. The molecule has 0 radical (unpaired) electrons. The summed E-state index contributed by atoms with van der Waals surface area (Å²) in [7, 11) is 0. The van der Waals surface area contributed by atoms with Crippen LogP contribution in [-0.2, 0) is 0 Å². The van der Waals surface area contributed by atoms with E-state index in [0.29, 0.717) is 5.92 Å². The van der Waals surface area contributed by atoms with Gasteiger partial charge in [-0.1, -0.05) is 66.8 Å². The monoisotopic (exact) mass is 267 g/mol. The summed E-state index contributed by atoms with van der Waals surface area (Å²) in [6.45, 7) is 4.12. The molecule has 0 aromatic heterocycles. The molecule has 19 heavy (non-hydrogen) atoms. The zero-order valence-electron chi connectivity index (χ0n) is 11.0. The minimum atomic E-state index is 0.420. The second-order valence-electron chi connectivity index (χ2n) is 4.89. The first kappa shape index (κ1) is 12.4. The molecular formula is C17H17NS. The van der Waals surface area contributed by atoms with Crippen molar-refractivity contribution in [1.29, 1.82) is 0 Å². The lowest BCUT2D eigenvalue weighted by molar-refractivity contribution is 0.418. The van der Waals surface area contributed by atoms with E-state index in [0.717, 1.165) is 18.1 Å². The van der Waals surface area contributed by atoms with E-state index in [1.54, 1.807) is 0 Å². The van der Waals surface area contributed by atoms with Crippen LogP contribution in [0.15, 0.2) is 54.6 Å². The lowest BCUT2D eigenvalue weighted by atomic mass is 9.84. The molecule has 1 heterocycles. The lowest BCUT2D eigenvalue weighted by Gasteiger charge is -2.36. The van der Waals surface area contributed by atoms with Crippen molar-refractivity contribution >= 4 is 17.2 Å². The van der Waals surface area contributed by atoms with Gasteiger partial charge >= 0.3 is 0 Å². The van der Waals surface area contributed by atoms with Crippen LogP contribution in [-0.4, -0.2) is 23.0 Å². The Labute approximate surface area is 119 Å². The summed E-state index contributed by atoms with van der Waals surface area (Å²) in [5, 5.41) is 0. The molecule has 1 aliphatic rings. The van der Waals surface area contributed by atoms with Crippen molar-refractivity contribution in [1.82, 2.24) is 4.90 Å². The smallest absolute Gasteiger partial charge is 0.109 e. The van der Waals surface area contributed by atoms with Crippen LogP contribution in [0.5, 0.6) is 0 Å². The number of likely N-dealkylation sites (N-methyl/N-ethyl adjacent to an activating group) is 1. The van der Waals surface area contributed by atoms with Crippen LogP contribution >= 0.6 is 12.2 Å². The van der Waals surface area contributed by atoms with E-state index < -0.39 is 0 Å². The highest BCUT2D eigenvalue weighted by Crippen LogP contribution is 2.33. The topological polar surface area (TPSA) is 3.24 Å². The van der Waals surface area contributed by atoms with E-state index in [1.807, 2.05) is 0 Å². The van der Waals surface area contributed by atoms with Crippen molar-refractivity contribution in [2.24, 2.45) is 0 Å². The van der Waals surface area contributed by atoms with Gasteiger partial charge in [-0.25, -0.2) is 0 Å². The molecule has 0 bridgehead atoms. The standard InChI is InChI=1S/C17H17NS/c1-2-18-12-16(13-8-4-3-5-9-13)14-10-6-7-11-15(14)17(18)19/h3-11,16H,2,12H2,1H3. The Hall–Kier alpha value is -1.67. The van der Waals surface area contributed by atoms with Gasteiger partial charge in [-0.3, -0.25) is 0 Å². The number of rotatable bonds is 2. The third-order valence-corrected chi connectivity index (χ3v) is 4.32. The number of thiocarbonyl (C=S) groups is 1. The number of hydrogen-bond donors (Lipinski definition) is 0. The normalized spacial score (nSPS) is 18.3. The molecule has 0 saturated heterocycles. The number of nitrogens with zero attached hydrogens (tertiary/aromatic N) is 1. The van der Waals surface area contributed by atoms with Gasteiger partial charge in [0.1, 0.15) is 4.99 Å². The third kappa shape index (κ3) is 2.17. The maximum atomic E-state index is 5.61. The first-order valence-electron chi connectivity index (χ1n) is 6.74. The molecule has 2 heteroatoms. The van der Waals surface area contributed by atoms with E-state index in [9.17, 15) is 0 Å². The van der Waals surface area contributed by atoms with Gasteiger partial charge in [0.15, 0.2) is 0 Å². The molecule has 2 aromatic rings. The molecule has 3 rings (SSSR count). The van der Waals surface area contributed by atoms with Crippen molar-refractivity contribution in [3.8, 4) is 0 Å². The largest absolute Gasteiger partial charge is 0.362 e. The highest BCUT2D eigenvalue weighted by molar-refractivity contribution is 7.80. The Morgan fingerprint density at radius 1 is 1.05 bits per heavy atom.